The minimum atomic E-state index is -0.841. The summed E-state index contributed by atoms with van der Waals surface area (Å²) in [6.07, 6.45) is 2.05. The number of carboxylic acid groups (broad SMARTS) is 1. The smallest absolute Gasteiger partial charge is 0.308 e. The van der Waals surface area contributed by atoms with Crippen LogP contribution < -0.4 is 0 Å². The lowest BCUT2D eigenvalue weighted by molar-refractivity contribution is -0.141. The van der Waals surface area contributed by atoms with Gasteiger partial charge in [0.2, 0.25) is 0 Å². The summed E-state index contributed by atoms with van der Waals surface area (Å²) in [5, 5.41) is 9.86. The van der Waals surface area contributed by atoms with E-state index in [0.29, 0.717) is 18.5 Å². The van der Waals surface area contributed by atoms with E-state index in [-0.39, 0.29) is 12.5 Å². The van der Waals surface area contributed by atoms with Gasteiger partial charge in [-0.05, 0) is 30.9 Å². The number of hydrogen-bond donors (Lipinski definition) is 1. The average Bonchev–Trinajstić information content (AvgIpc) is 3.05. The summed E-state index contributed by atoms with van der Waals surface area (Å²) < 4.78 is 4.21. The van der Waals surface area contributed by atoms with Crippen LogP contribution in [0.5, 0.6) is 0 Å². The van der Waals surface area contributed by atoms with Crippen LogP contribution in [0.4, 0.5) is 0 Å². The minimum Gasteiger partial charge on any atom is -0.481 e. The number of carboxylic acids is 1. The number of pyridine rings is 1. The van der Waals surface area contributed by atoms with Gasteiger partial charge in [0.05, 0.1) is 17.2 Å². The normalized spacial score (nSPS) is 18.6. The summed E-state index contributed by atoms with van der Waals surface area (Å²) in [6.45, 7) is 2.63. The zero-order valence-electron chi connectivity index (χ0n) is 10.9. The van der Waals surface area contributed by atoms with Crippen LogP contribution in [0.25, 0.3) is 10.2 Å². The number of carbonyl (C=O) groups is 2. The predicted molar refractivity (Wildman–Crippen MR) is 73.8 cm³/mol. The van der Waals surface area contributed by atoms with Crippen molar-refractivity contribution in [1.29, 1.82) is 0 Å². The molecule has 7 heteroatoms. The standard InChI is InChI=1S/C13H13N3O3S/c1-7-10-4-9(5-14-11(10)20-15-7)12(17)16-3-2-8(6-16)13(18)19/h4-5,8H,2-3,6H2,1H3,(H,18,19). The van der Waals surface area contributed by atoms with Gasteiger partial charge in [0.25, 0.3) is 5.91 Å². The van der Waals surface area contributed by atoms with Crippen molar-refractivity contribution >= 4 is 33.6 Å². The molecule has 1 N–H and O–H groups in total. The van der Waals surface area contributed by atoms with E-state index in [1.54, 1.807) is 11.0 Å². The van der Waals surface area contributed by atoms with Gasteiger partial charge in [-0.25, -0.2) is 4.98 Å². The Morgan fingerprint density at radius 3 is 3.00 bits per heavy atom. The molecule has 2 aromatic rings. The van der Waals surface area contributed by atoms with Crippen molar-refractivity contribution in [2.45, 2.75) is 13.3 Å². The maximum atomic E-state index is 12.4. The van der Waals surface area contributed by atoms with Crippen molar-refractivity contribution in [3.8, 4) is 0 Å². The number of amides is 1. The number of fused-ring (bicyclic) bond motifs is 1. The fourth-order valence-corrected chi connectivity index (χ4v) is 3.12. The van der Waals surface area contributed by atoms with Crippen LogP contribution in [0, 0.1) is 12.8 Å². The predicted octanol–water partition coefficient (Wildman–Crippen LogP) is 1.55. The van der Waals surface area contributed by atoms with Crippen molar-refractivity contribution in [2.75, 3.05) is 13.1 Å². The van der Waals surface area contributed by atoms with E-state index in [1.807, 2.05) is 6.92 Å². The maximum Gasteiger partial charge on any atom is 0.308 e. The molecule has 3 heterocycles. The molecule has 1 amide bonds. The highest BCUT2D eigenvalue weighted by atomic mass is 32.1. The third-order valence-corrected chi connectivity index (χ3v) is 4.45. The summed E-state index contributed by atoms with van der Waals surface area (Å²) in [6, 6.07) is 1.79. The molecule has 1 saturated heterocycles. The van der Waals surface area contributed by atoms with Crippen LogP contribution in [0.15, 0.2) is 12.3 Å². The Bertz CT molecular complexity index is 697. The zero-order valence-corrected chi connectivity index (χ0v) is 11.7. The molecule has 1 unspecified atom stereocenters. The zero-order chi connectivity index (χ0) is 14.3. The fourth-order valence-electron chi connectivity index (χ4n) is 2.39. The van der Waals surface area contributed by atoms with Crippen LogP contribution in [0.1, 0.15) is 22.5 Å². The van der Waals surface area contributed by atoms with Gasteiger partial charge in [0.15, 0.2) is 0 Å². The number of aliphatic carboxylic acids is 1. The van der Waals surface area contributed by atoms with E-state index in [0.717, 1.165) is 15.9 Å². The van der Waals surface area contributed by atoms with Crippen LogP contribution in [-0.2, 0) is 4.79 Å². The Hall–Kier alpha value is -2.02. The summed E-state index contributed by atoms with van der Waals surface area (Å²) in [5.74, 6) is -1.46. The van der Waals surface area contributed by atoms with Crippen LogP contribution in [0.2, 0.25) is 0 Å². The summed E-state index contributed by atoms with van der Waals surface area (Å²) >= 11 is 1.31. The second-order valence-corrected chi connectivity index (χ2v) is 5.67. The maximum absolute atomic E-state index is 12.4. The molecule has 0 spiro atoms. The molecular formula is C13H13N3O3S. The number of aryl methyl sites for hydroxylation is 1. The van der Waals surface area contributed by atoms with Gasteiger partial charge in [-0.1, -0.05) is 0 Å². The molecule has 1 atom stereocenters. The van der Waals surface area contributed by atoms with Crippen molar-refractivity contribution in [1.82, 2.24) is 14.3 Å². The largest absolute Gasteiger partial charge is 0.481 e. The first kappa shape index (κ1) is 13.0. The Balaban J connectivity index is 1.85. The summed E-state index contributed by atoms with van der Waals surface area (Å²) in [5.41, 5.74) is 1.35. The molecule has 20 heavy (non-hydrogen) atoms. The van der Waals surface area contributed by atoms with E-state index >= 15 is 0 Å². The van der Waals surface area contributed by atoms with Gasteiger partial charge in [-0.2, -0.15) is 4.37 Å². The first-order valence-electron chi connectivity index (χ1n) is 6.30. The molecule has 104 valence electrons. The van der Waals surface area contributed by atoms with Crippen molar-refractivity contribution in [2.24, 2.45) is 5.92 Å². The lowest BCUT2D eigenvalue weighted by Gasteiger charge is -2.15. The molecule has 0 aliphatic carbocycles. The summed E-state index contributed by atoms with van der Waals surface area (Å²) in [7, 11) is 0. The SMILES string of the molecule is Cc1nsc2ncc(C(=O)N3CCC(C(=O)O)C3)cc12. The highest BCUT2D eigenvalue weighted by Gasteiger charge is 2.31. The Kier molecular flexibility index (Phi) is 3.13. The van der Waals surface area contributed by atoms with E-state index in [1.165, 1.54) is 17.7 Å². The van der Waals surface area contributed by atoms with Gasteiger partial charge in [-0.3, -0.25) is 9.59 Å². The molecule has 1 fully saturated rings. The fraction of sp³-hybridized carbons (Fsp3) is 0.385. The number of carbonyl (C=O) groups excluding carboxylic acids is 1. The number of rotatable bonds is 2. The Morgan fingerprint density at radius 2 is 2.30 bits per heavy atom. The minimum absolute atomic E-state index is 0.159. The van der Waals surface area contributed by atoms with Gasteiger partial charge < -0.3 is 10.0 Å². The molecule has 1 aliphatic rings. The lowest BCUT2D eigenvalue weighted by atomic mass is 10.1. The highest BCUT2D eigenvalue weighted by Crippen LogP contribution is 2.23. The molecule has 1 aliphatic heterocycles. The Labute approximate surface area is 119 Å². The van der Waals surface area contributed by atoms with Gasteiger partial charge >= 0.3 is 5.97 Å². The molecule has 0 bridgehead atoms. The van der Waals surface area contributed by atoms with Crippen molar-refractivity contribution in [3.05, 3.63) is 23.5 Å². The van der Waals surface area contributed by atoms with Gasteiger partial charge in [0, 0.05) is 24.7 Å². The number of aromatic nitrogens is 2. The monoisotopic (exact) mass is 291 g/mol. The van der Waals surface area contributed by atoms with E-state index < -0.39 is 11.9 Å². The molecule has 0 radical (unpaired) electrons. The van der Waals surface area contributed by atoms with E-state index in [2.05, 4.69) is 9.36 Å². The van der Waals surface area contributed by atoms with Crippen molar-refractivity contribution in [3.63, 3.8) is 0 Å². The molecule has 3 rings (SSSR count). The van der Waals surface area contributed by atoms with Gasteiger partial charge in [0.1, 0.15) is 4.83 Å². The third-order valence-electron chi connectivity index (χ3n) is 3.58. The molecular weight excluding hydrogens is 278 g/mol. The number of nitrogens with zero attached hydrogens (tertiary/aromatic N) is 3. The molecule has 0 saturated carbocycles. The second-order valence-electron chi connectivity index (χ2n) is 4.92. The van der Waals surface area contributed by atoms with Crippen molar-refractivity contribution < 1.29 is 14.7 Å². The molecule has 2 aromatic heterocycles. The molecule has 6 nitrogen and oxygen atoms in total. The third kappa shape index (κ3) is 2.14. The topological polar surface area (TPSA) is 83.4 Å². The lowest BCUT2D eigenvalue weighted by Crippen LogP contribution is -2.30. The van der Waals surface area contributed by atoms with Gasteiger partial charge in [-0.15, -0.1) is 0 Å². The van der Waals surface area contributed by atoms with Crippen LogP contribution >= 0.6 is 11.5 Å². The second kappa shape index (κ2) is 4.82. The average molecular weight is 291 g/mol. The first-order valence-corrected chi connectivity index (χ1v) is 7.07. The van der Waals surface area contributed by atoms with Crippen LogP contribution in [0.3, 0.4) is 0 Å². The van der Waals surface area contributed by atoms with Crippen LogP contribution in [-0.4, -0.2) is 44.3 Å². The van der Waals surface area contributed by atoms with E-state index in [9.17, 15) is 9.59 Å². The van der Waals surface area contributed by atoms with E-state index in [4.69, 9.17) is 5.11 Å². The molecule has 0 aromatic carbocycles. The summed E-state index contributed by atoms with van der Waals surface area (Å²) in [4.78, 5) is 29.9. The Morgan fingerprint density at radius 1 is 1.50 bits per heavy atom. The number of hydrogen-bond acceptors (Lipinski definition) is 5. The number of likely N-dealkylation sites (tertiary alicyclic amines) is 1. The quantitative estimate of drug-likeness (QED) is 0.907. The first-order chi connectivity index (χ1) is 9.56. The highest BCUT2D eigenvalue weighted by molar-refractivity contribution is 7.12.